The molecule has 1 fully saturated rings. The molecular formula is C41H65N3O6. The van der Waals surface area contributed by atoms with E-state index in [0.717, 1.165) is 48.3 Å². The summed E-state index contributed by atoms with van der Waals surface area (Å²) in [6, 6.07) is 16.1. The number of nitrogens with zero attached hydrogens (tertiary/aromatic N) is 1. The first-order valence-electron chi connectivity index (χ1n) is 19.5. The van der Waals surface area contributed by atoms with E-state index >= 15 is 0 Å². The summed E-state index contributed by atoms with van der Waals surface area (Å²) >= 11 is 0. The number of hydrogen-bond acceptors (Lipinski definition) is 7. The number of hydroxylamine groups is 1. The summed E-state index contributed by atoms with van der Waals surface area (Å²) in [5, 5.41) is 21.1. The molecule has 0 unspecified atom stereocenters. The Hall–Kier alpha value is -2.82. The van der Waals surface area contributed by atoms with E-state index in [2.05, 4.69) is 36.2 Å². The molecule has 0 bridgehead atoms. The molecule has 1 saturated heterocycles. The van der Waals surface area contributed by atoms with Gasteiger partial charge in [-0.1, -0.05) is 127 Å². The highest BCUT2D eigenvalue weighted by Crippen LogP contribution is 2.38. The molecule has 1 aliphatic heterocycles. The van der Waals surface area contributed by atoms with Gasteiger partial charge in [-0.3, -0.25) is 14.8 Å². The minimum absolute atomic E-state index is 0.0128. The fourth-order valence-electron chi connectivity index (χ4n) is 6.56. The minimum Gasteiger partial charge on any atom is -0.392 e. The van der Waals surface area contributed by atoms with Crippen LogP contribution < -0.4 is 10.8 Å². The van der Waals surface area contributed by atoms with Gasteiger partial charge >= 0.3 is 0 Å². The molecule has 2 amide bonds. The Morgan fingerprint density at radius 2 is 1.24 bits per heavy atom. The smallest absolute Gasteiger partial charge is 0.243 e. The van der Waals surface area contributed by atoms with Crippen LogP contribution in [-0.2, 0) is 32.2 Å². The molecule has 4 N–H and O–H groups in total. The summed E-state index contributed by atoms with van der Waals surface area (Å²) in [6.45, 7) is 8.04. The van der Waals surface area contributed by atoms with E-state index in [-0.39, 0.29) is 31.1 Å². The van der Waals surface area contributed by atoms with Crippen molar-refractivity contribution in [1.29, 1.82) is 0 Å². The lowest BCUT2D eigenvalue weighted by Gasteiger charge is -2.38. The van der Waals surface area contributed by atoms with E-state index in [1.165, 1.54) is 77.0 Å². The van der Waals surface area contributed by atoms with Crippen LogP contribution in [0, 0.1) is 0 Å². The number of rotatable bonds is 26. The number of benzene rings is 2. The molecule has 0 saturated carbocycles. The van der Waals surface area contributed by atoms with E-state index in [4.69, 9.17) is 14.7 Å². The van der Waals surface area contributed by atoms with Gasteiger partial charge in [0, 0.05) is 37.9 Å². The Bertz CT molecular complexity index is 1180. The number of nitrogens with one attached hydrogen (secondary N) is 2. The number of hydrogen-bond donors (Lipinski definition) is 4. The summed E-state index contributed by atoms with van der Waals surface area (Å²) < 4.78 is 13.3. The maximum absolute atomic E-state index is 12.3. The molecule has 2 aromatic carbocycles. The molecule has 2 aromatic rings. The summed E-state index contributed by atoms with van der Waals surface area (Å²) in [6.07, 6.45) is 17.3. The maximum atomic E-state index is 12.3. The first-order chi connectivity index (χ1) is 24.4. The van der Waals surface area contributed by atoms with Crippen molar-refractivity contribution in [3.63, 3.8) is 0 Å². The molecule has 50 heavy (non-hydrogen) atoms. The predicted molar refractivity (Wildman–Crippen MR) is 198 cm³/mol. The van der Waals surface area contributed by atoms with E-state index in [1.54, 1.807) is 5.48 Å². The van der Waals surface area contributed by atoms with E-state index < -0.39 is 12.2 Å². The maximum Gasteiger partial charge on any atom is 0.243 e. The van der Waals surface area contributed by atoms with Gasteiger partial charge in [0.1, 0.15) is 0 Å². The van der Waals surface area contributed by atoms with Crippen LogP contribution in [0.1, 0.15) is 158 Å². The van der Waals surface area contributed by atoms with Crippen LogP contribution in [0.2, 0.25) is 0 Å². The topological polar surface area (TPSA) is 120 Å². The Labute approximate surface area is 301 Å². The molecule has 9 nitrogen and oxygen atoms in total. The predicted octanol–water partition coefficient (Wildman–Crippen LogP) is 8.43. The zero-order chi connectivity index (χ0) is 35.8. The number of carbonyl (C=O) groups is 2. The van der Waals surface area contributed by atoms with Crippen molar-refractivity contribution in [2.45, 2.75) is 155 Å². The van der Waals surface area contributed by atoms with Gasteiger partial charge in [-0.05, 0) is 55.5 Å². The van der Waals surface area contributed by atoms with Crippen molar-refractivity contribution in [1.82, 2.24) is 15.7 Å². The number of aliphatic hydroxyl groups is 1. The lowest BCUT2D eigenvalue weighted by molar-refractivity contribution is -0.253. The quantitative estimate of drug-likeness (QED) is 0.0443. The Kier molecular flexibility index (Phi) is 21.0. The lowest BCUT2D eigenvalue weighted by Crippen LogP contribution is -2.40. The van der Waals surface area contributed by atoms with Crippen molar-refractivity contribution in [3.8, 4) is 0 Å². The first-order valence-corrected chi connectivity index (χ1v) is 19.5. The van der Waals surface area contributed by atoms with Crippen LogP contribution in [-0.4, -0.2) is 52.8 Å². The van der Waals surface area contributed by atoms with Crippen LogP contribution in [0.3, 0.4) is 0 Å². The van der Waals surface area contributed by atoms with Gasteiger partial charge in [-0.15, -0.1) is 0 Å². The van der Waals surface area contributed by atoms with E-state index in [0.29, 0.717) is 25.8 Å². The second-order valence-electron chi connectivity index (χ2n) is 13.9. The third kappa shape index (κ3) is 16.5. The molecule has 0 aliphatic carbocycles. The largest absolute Gasteiger partial charge is 0.392 e. The van der Waals surface area contributed by atoms with Crippen LogP contribution in [0.5, 0.6) is 0 Å². The second-order valence-corrected chi connectivity index (χ2v) is 13.9. The van der Waals surface area contributed by atoms with Crippen LogP contribution in [0.4, 0.5) is 0 Å². The van der Waals surface area contributed by atoms with Gasteiger partial charge < -0.3 is 24.8 Å². The van der Waals surface area contributed by atoms with Crippen molar-refractivity contribution >= 4 is 11.8 Å². The molecule has 3 rings (SSSR count). The summed E-state index contributed by atoms with van der Waals surface area (Å²) in [5.74, 6) is -0.505. The normalized spacial score (nSPS) is 17.6. The summed E-state index contributed by atoms with van der Waals surface area (Å²) in [5.41, 5.74) is 5.52. The van der Waals surface area contributed by atoms with Gasteiger partial charge in [0.2, 0.25) is 11.8 Å². The zero-order valence-electron chi connectivity index (χ0n) is 30.9. The van der Waals surface area contributed by atoms with Gasteiger partial charge in [0.15, 0.2) is 6.29 Å². The molecule has 9 heteroatoms. The van der Waals surface area contributed by atoms with Gasteiger partial charge in [-0.2, -0.15) is 0 Å². The van der Waals surface area contributed by atoms with E-state index in [9.17, 15) is 14.7 Å². The number of aliphatic hydroxyl groups excluding tert-OH is 1. The average molecular weight is 696 g/mol. The Morgan fingerprint density at radius 3 is 1.82 bits per heavy atom. The van der Waals surface area contributed by atoms with Crippen molar-refractivity contribution in [2.75, 3.05) is 19.6 Å². The Balaban J connectivity index is 1.64. The molecular weight excluding hydrogens is 630 g/mol. The summed E-state index contributed by atoms with van der Waals surface area (Å²) in [4.78, 5) is 26.1. The monoisotopic (exact) mass is 695 g/mol. The van der Waals surface area contributed by atoms with Crippen molar-refractivity contribution in [3.05, 3.63) is 70.8 Å². The lowest BCUT2D eigenvalue weighted by atomic mass is 9.99. The second kappa shape index (κ2) is 25.2. The first kappa shape index (κ1) is 41.6. The third-order valence-electron chi connectivity index (χ3n) is 9.66. The molecule has 1 heterocycles. The number of amides is 2. The molecule has 0 radical (unpaired) electrons. The standard InChI is InChI=1S/C41H65N3O6/c1-3-5-7-9-11-15-27-44(28-16-12-10-8-6-4-2)31-37-29-38(35-23-21-34(32-45)22-24-35)50-41(49-37)36-25-19-33(20-26-36)30-42-39(46)17-13-14-18-40(47)43-48/h19-26,37-38,41,45,48H,3-18,27-32H2,1-2H3,(H,42,46)(H,43,47)/t37-,38+,41+/m1/s1. The zero-order valence-corrected chi connectivity index (χ0v) is 30.9. The minimum atomic E-state index is -0.513. The van der Waals surface area contributed by atoms with Gasteiger partial charge in [0.25, 0.3) is 0 Å². The highest BCUT2D eigenvalue weighted by molar-refractivity contribution is 5.76. The molecule has 280 valence electrons. The Morgan fingerprint density at radius 1 is 0.700 bits per heavy atom. The van der Waals surface area contributed by atoms with Crippen molar-refractivity contribution < 1.29 is 29.4 Å². The van der Waals surface area contributed by atoms with Crippen LogP contribution in [0.15, 0.2) is 48.5 Å². The number of ether oxygens (including phenoxy) is 2. The van der Waals surface area contributed by atoms with Gasteiger partial charge in [0.05, 0.1) is 18.8 Å². The van der Waals surface area contributed by atoms with Gasteiger partial charge in [-0.25, -0.2) is 5.48 Å². The third-order valence-corrected chi connectivity index (χ3v) is 9.66. The number of carbonyl (C=O) groups excluding carboxylic acids is 2. The number of unbranched alkanes of at least 4 members (excludes halogenated alkanes) is 11. The fraction of sp³-hybridized carbons (Fsp3) is 0.659. The SMILES string of the molecule is CCCCCCCCN(CCCCCCCC)C[C@H]1C[C@@H](c2ccc(CO)cc2)O[C@@H](c2ccc(CNC(=O)CCCCC(=O)NO)cc2)O1. The highest BCUT2D eigenvalue weighted by atomic mass is 16.7. The summed E-state index contributed by atoms with van der Waals surface area (Å²) in [7, 11) is 0. The average Bonchev–Trinajstić information content (AvgIpc) is 3.15. The van der Waals surface area contributed by atoms with Crippen molar-refractivity contribution in [2.24, 2.45) is 0 Å². The van der Waals surface area contributed by atoms with Crippen LogP contribution >= 0.6 is 0 Å². The van der Waals surface area contributed by atoms with E-state index in [1.807, 2.05) is 36.4 Å². The molecule has 0 spiro atoms. The highest BCUT2D eigenvalue weighted by Gasteiger charge is 2.33. The molecule has 3 atom stereocenters. The van der Waals surface area contributed by atoms with Crippen LogP contribution in [0.25, 0.3) is 0 Å². The molecule has 0 aromatic heterocycles. The fourth-order valence-corrected chi connectivity index (χ4v) is 6.56. The molecule has 1 aliphatic rings.